The standard InChI is InChI=1S/C14H19ClN2O2/c1-17(9-14(19)7-2-3-8-14)13(18)12-10(15)5-4-6-11(12)16/h4-6,19H,2-3,7-9,16H2,1H3. The monoisotopic (exact) mass is 282 g/mol. The maximum atomic E-state index is 12.4. The van der Waals surface area contributed by atoms with Crippen molar-refractivity contribution in [1.82, 2.24) is 4.90 Å². The SMILES string of the molecule is CN(CC1(O)CCCC1)C(=O)c1c(N)cccc1Cl. The topological polar surface area (TPSA) is 66.6 Å². The van der Waals surface area contributed by atoms with Gasteiger partial charge in [-0.15, -0.1) is 0 Å². The number of rotatable bonds is 3. The number of halogens is 1. The smallest absolute Gasteiger partial charge is 0.257 e. The van der Waals surface area contributed by atoms with Gasteiger partial charge in [-0.3, -0.25) is 4.79 Å². The van der Waals surface area contributed by atoms with E-state index < -0.39 is 5.60 Å². The van der Waals surface area contributed by atoms with Gasteiger partial charge in [-0.05, 0) is 25.0 Å². The molecular weight excluding hydrogens is 264 g/mol. The second-order valence-corrected chi connectivity index (χ2v) is 5.70. The van der Waals surface area contributed by atoms with Gasteiger partial charge in [0.05, 0.1) is 16.2 Å². The number of nitrogen functional groups attached to an aromatic ring is 1. The molecule has 0 spiro atoms. The van der Waals surface area contributed by atoms with E-state index in [1.54, 1.807) is 25.2 Å². The molecule has 1 aromatic carbocycles. The molecule has 0 heterocycles. The molecule has 0 radical (unpaired) electrons. The van der Waals surface area contributed by atoms with Crippen molar-refractivity contribution in [2.24, 2.45) is 0 Å². The highest BCUT2D eigenvalue weighted by Gasteiger charge is 2.34. The van der Waals surface area contributed by atoms with Crippen LogP contribution in [0.4, 0.5) is 5.69 Å². The van der Waals surface area contributed by atoms with Gasteiger partial charge in [0.25, 0.3) is 5.91 Å². The van der Waals surface area contributed by atoms with E-state index >= 15 is 0 Å². The first-order valence-corrected chi connectivity index (χ1v) is 6.83. The highest BCUT2D eigenvalue weighted by Crippen LogP contribution is 2.31. The van der Waals surface area contributed by atoms with Crippen molar-refractivity contribution in [2.75, 3.05) is 19.3 Å². The Labute approximate surface area is 118 Å². The fourth-order valence-corrected chi connectivity index (χ4v) is 2.92. The minimum absolute atomic E-state index is 0.247. The maximum absolute atomic E-state index is 12.4. The number of nitrogens with two attached hydrogens (primary N) is 1. The van der Waals surface area contributed by atoms with Gasteiger partial charge in [-0.25, -0.2) is 0 Å². The lowest BCUT2D eigenvalue weighted by molar-refractivity contribution is 0.0157. The third kappa shape index (κ3) is 3.01. The summed E-state index contributed by atoms with van der Waals surface area (Å²) in [6.45, 7) is 0.316. The van der Waals surface area contributed by atoms with Crippen LogP contribution in [0.2, 0.25) is 5.02 Å². The van der Waals surface area contributed by atoms with Gasteiger partial charge < -0.3 is 15.7 Å². The number of hydrogen-bond acceptors (Lipinski definition) is 3. The Hall–Kier alpha value is -1.26. The summed E-state index contributed by atoms with van der Waals surface area (Å²) in [5.41, 5.74) is 5.72. The third-order valence-electron chi connectivity index (χ3n) is 3.67. The van der Waals surface area contributed by atoms with Gasteiger partial charge in [-0.1, -0.05) is 30.5 Å². The Bertz CT molecular complexity index is 464. The minimum atomic E-state index is -0.763. The minimum Gasteiger partial charge on any atom is -0.398 e. The lowest BCUT2D eigenvalue weighted by Crippen LogP contribution is -2.42. The number of anilines is 1. The lowest BCUT2D eigenvalue weighted by atomic mass is 10.0. The van der Waals surface area contributed by atoms with Crippen molar-refractivity contribution in [1.29, 1.82) is 0 Å². The zero-order valence-corrected chi connectivity index (χ0v) is 11.8. The van der Waals surface area contributed by atoms with E-state index in [9.17, 15) is 9.90 Å². The van der Waals surface area contributed by atoms with Crippen molar-refractivity contribution in [3.05, 3.63) is 28.8 Å². The zero-order valence-electron chi connectivity index (χ0n) is 11.0. The second-order valence-electron chi connectivity index (χ2n) is 5.30. The Kier molecular flexibility index (Phi) is 4.02. The highest BCUT2D eigenvalue weighted by atomic mass is 35.5. The van der Waals surface area contributed by atoms with Crippen LogP contribution in [0.25, 0.3) is 0 Å². The first-order valence-electron chi connectivity index (χ1n) is 6.45. The summed E-state index contributed by atoms with van der Waals surface area (Å²) in [5, 5.41) is 10.7. The molecule has 5 heteroatoms. The number of aliphatic hydroxyl groups is 1. The maximum Gasteiger partial charge on any atom is 0.257 e. The molecule has 19 heavy (non-hydrogen) atoms. The molecule has 1 aliphatic rings. The van der Waals surface area contributed by atoms with E-state index in [0.717, 1.165) is 25.7 Å². The molecule has 3 N–H and O–H groups in total. The van der Waals surface area contributed by atoms with Gasteiger partial charge in [0.1, 0.15) is 0 Å². The second kappa shape index (κ2) is 5.39. The molecule has 1 amide bonds. The lowest BCUT2D eigenvalue weighted by Gasteiger charge is -2.29. The quantitative estimate of drug-likeness (QED) is 0.836. The fourth-order valence-electron chi connectivity index (χ4n) is 2.66. The first-order chi connectivity index (χ1) is 8.93. The van der Waals surface area contributed by atoms with Crippen LogP contribution in [0.5, 0.6) is 0 Å². The van der Waals surface area contributed by atoms with Crippen LogP contribution in [0.3, 0.4) is 0 Å². The van der Waals surface area contributed by atoms with Crippen molar-refractivity contribution in [3.8, 4) is 0 Å². The molecule has 1 fully saturated rings. The van der Waals surface area contributed by atoms with Crippen LogP contribution < -0.4 is 5.73 Å². The molecule has 0 bridgehead atoms. The molecule has 1 saturated carbocycles. The predicted octanol–water partition coefficient (Wildman–Crippen LogP) is 2.30. The Balaban J connectivity index is 2.15. The molecule has 0 aromatic heterocycles. The largest absolute Gasteiger partial charge is 0.398 e. The first kappa shape index (κ1) is 14.2. The molecule has 0 unspecified atom stereocenters. The van der Waals surface area contributed by atoms with Gasteiger partial charge in [0, 0.05) is 19.3 Å². The predicted molar refractivity (Wildman–Crippen MR) is 76.2 cm³/mol. The van der Waals surface area contributed by atoms with Crippen LogP contribution in [0.1, 0.15) is 36.0 Å². The van der Waals surface area contributed by atoms with Gasteiger partial charge in [-0.2, -0.15) is 0 Å². The molecule has 0 aliphatic heterocycles. The van der Waals surface area contributed by atoms with Crippen LogP contribution in [-0.4, -0.2) is 35.1 Å². The highest BCUT2D eigenvalue weighted by molar-refractivity contribution is 6.34. The van der Waals surface area contributed by atoms with Crippen molar-refractivity contribution < 1.29 is 9.90 Å². The summed E-state index contributed by atoms with van der Waals surface area (Å²) >= 11 is 6.03. The average molecular weight is 283 g/mol. The summed E-state index contributed by atoms with van der Waals surface area (Å²) in [5.74, 6) is -0.247. The molecule has 104 valence electrons. The normalized spacial score (nSPS) is 17.4. The van der Waals surface area contributed by atoms with Gasteiger partial charge in [0.15, 0.2) is 0 Å². The van der Waals surface area contributed by atoms with E-state index in [4.69, 9.17) is 17.3 Å². The summed E-state index contributed by atoms with van der Waals surface area (Å²) in [6, 6.07) is 5.00. The Morgan fingerprint density at radius 2 is 2.11 bits per heavy atom. The summed E-state index contributed by atoms with van der Waals surface area (Å²) in [6.07, 6.45) is 3.49. The molecule has 2 rings (SSSR count). The van der Waals surface area contributed by atoms with E-state index in [-0.39, 0.29) is 5.91 Å². The van der Waals surface area contributed by atoms with Crippen molar-refractivity contribution in [2.45, 2.75) is 31.3 Å². The molecular formula is C14H19ClN2O2. The van der Waals surface area contributed by atoms with Crippen molar-refractivity contribution >= 4 is 23.2 Å². The number of carbonyl (C=O) groups is 1. The average Bonchev–Trinajstić information content (AvgIpc) is 2.75. The van der Waals surface area contributed by atoms with E-state index in [1.165, 1.54) is 4.90 Å². The van der Waals surface area contributed by atoms with E-state index in [2.05, 4.69) is 0 Å². The fraction of sp³-hybridized carbons (Fsp3) is 0.500. The number of hydrogen-bond donors (Lipinski definition) is 2. The number of amides is 1. The molecule has 1 aliphatic carbocycles. The van der Waals surface area contributed by atoms with Crippen LogP contribution in [0.15, 0.2) is 18.2 Å². The molecule has 1 aromatic rings. The number of nitrogens with zero attached hydrogens (tertiary/aromatic N) is 1. The van der Waals surface area contributed by atoms with Crippen LogP contribution in [-0.2, 0) is 0 Å². The Morgan fingerprint density at radius 1 is 1.47 bits per heavy atom. The Morgan fingerprint density at radius 3 is 2.68 bits per heavy atom. The summed E-state index contributed by atoms with van der Waals surface area (Å²) in [4.78, 5) is 13.9. The molecule has 0 saturated heterocycles. The number of likely N-dealkylation sites (N-methyl/N-ethyl adjacent to an activating group) is 1. The number of benzene rings is 1. The molecule has 4 nitrogen and oxygen atoms in total. The van der Waals surface area contributed by atoms with Crippen LogP contribution in [0, 0.1) is 0 Å². The zero-order chi connectivity index (χ0) is 14.0. The molecule has 0 atom stereocenters. The summed E-state index contributed by atoms with van der Waals surface area (Å²) < 4.78 is 0. The third-order valence-corrected chi connectivity index (χ3v) is 3.99. The van der Waals surface area contributed by atoms with Gasteiger partial charge >= 0.3 is 0 Å². The van der Waals surface area contributed by atoms with Gasteiger partial charge in [0.2, 0.25) is 0 Å². The van der Waals surface area contributed by atoms with Crippen LogP contribution >= 0.6 is 11.6 Å². The summed E-state index contributed by atoms with van der Waals surface area (Å²) in [7, 11) is 1.67. The van der Waals surface area contributed by atoms with Crippen molar-refractivity contribution in [3.63, 3.8) is 0 Å². The van der Waals surface area contributed by atoms with E-state index in [0.29, 0.717) is 22.8 Å². The van der Waals surface area contributed by atoms with E-state index in [1.807, 2.05) is 0 Å². The number of carbonyl (C=O) groups excluding carboxylic acids is 1.